The highest BCUT2D eigenvalue weighted by Gasteiger charge is 2.16. The average Bonchev–Trinajstić information content (AvgIpc) is 2.98. The lowest BCUT2D eigenvalue weighted by Crippen LogP contribution is -1.96. The van der Waals surface area contributed by atoms with E-state index in [0.29, 0.717) is 12.3 Å². The van der Waals surface area contributed by atoms with Crippen LogP contribution in [0.1, 0.15) is 30.7 Å². The van der Waals surface area contributed by atoms with Gasteiger partial charge in [-0.2, -0.15) is 0 Å². The number of nitrogens with one attached hydrogen (secondary N) is 1. The molecule has 0 saturated carbocycles. The number of hydrogen-bond donors (Lipinski definition) is 1. The number of hydrogen-bond acceptors (Lipinski definition) is 3. The van der Waals surface area contributed by atoms with Crippen molar-refractivity contribution in [2.24, 2.45) is 4.99 Å². The van der Waals surface area contributed by atoms with E-state index in [1.165, 1.54) is 0 Å². The first-order valence-electron chi connectivity index (χ1n) is 8.00. The van der Waals surface area contributed by atoms with Gasteiger partial charge in [-0.25, -0.2) is 4.98 Å². The number of benzene rings is 1. The molecule has 0 bridgehead atoms. The first-order valence-corrected chi connectivity index (χ1v) is 8.00. The summed E-state index contributed by atoms with van der Waals surface area (Å²) in [6, 6.07) is 11.9. The fourth-order valence-electron chi connectivity index (χ4n) is 2.50. The molecule has 0 saturated heterocycles. The smallest absolute Gasteiger partial charge is 0.141 e. The summed E-state index contributed by atoms with van der Waals surface area (Å²) in [5, 5.41) is 0.897. The summed E-state index contributed by atoms with van der Waals surface area (Å²) in [7, 11) is 0. The summed E-state index contributed by atoms with van der Waals surface area (Å²) in [6.45, 7) is 14.0. The van der Waals surface area contributed by atoms with Gasteiger partial charge in [-0.3, -0.25) is 4.99 Å². The minimum Gasteiger partial charge on any atom is -0.488 e. The van der Waals surface area contributed by atoms with Gasteiger partial charge in [0.05, 0.1) is 11.1 Å². The molecule has 2 heterocycles. The lowest BCUT2D eigenvalue weighted by Gasteiger charge is -2.09. The van der Waals surface area contributed by atoms with Crippen LogP contribution in [0.5, 0.6) is 5.75 Å². The molecule has 24 heavy (non-hydrogen) atoms. The van der Waals surface area contributed by atoms with E-state index >= 15 is 0 Å². The van der Waals surface area contributed by atoms with Crippen LogP contribution in [0.15, 0.2) is 54.2 Å². The molecule has 0 radical (unpaired) electrons. The SMILES string of the molecule is C=NC(=C)c1c(C)[nH]c2nccc(OCc3ccccc3)c12.CC. The molecule has 0 aliphatic carbocycles. The normalized spacial score (nSPS) is 9.96. The predicted octanol–water partition coefficient (Wildman–Crippen LogP) is 5.15. The number of H-pyrrole nitrogens is 1. The van der Waals surface area contributed by atoms with Gasteiger partial charge in [-0.1, -0.05) is 50.8 Å². The monoisotopic (exact) mass is 321 g/mol. The Morgan fingerprint density at radius 2 is 1.92 bits per heavy atom. The van der Waals surface area contributed by atoms with Gasteiger partial charge in [0, 0.05) is 17.5 Å². The van der Waals surface area contributed by atoms with Crippen LogP contribution in [0.2, 0.25) is 0 Å². The second-order valence-corrected chi connectivity index (χ2v) is 5.04. The Balaban J connectivity index is 0.00000100. The van der Waals surface area contributed by atoms with Crippen molar-refractivity contribution in [1.29, 1.82) is 0 Å². The molecule has 4 nitrogen and oxygen atoms in total. The summed E-state index contributed by atoms with van der Waals surface area (Å²) in [4.78, 5) is 11.6. The third kappa shape index (κ3) is 3.54. The van der Waals surface area contributed by atoms with E-state index in [-0.39, 0.29) is 0 Å². The number of aliphatic imine (C=N–C) groups is 1. The minimum atomic E-state index is 0.498. The van der Waals surface area contributed by atoms with E-state index < -0.39 is 0 Å². The van der Waals surface area contributed by atoms with Gasteiger partial charge in [0.15, 0.2) is 0 Å². The zero-order valence-corrected chi connectivity index (χ0v) is 14.5. The van der Waals surface area contributed by atoms with Crippen LogP contribution in [-0.4, -0.2) is 16.7 Å². The Bertz CT molecular complexity index is 835. The van der Waals surface area contributed by atoms with Crippen LogP contribution in [0.25, 0.3) is 16.7 Å². The van der Waals surface area contributed by atoms with Crippen LogP contribution >= 0.6 is 0 Å². The summed E-state index contributed by atoms with van der Waals surface area (Å²) in [5.74, 6) is 0.762. The first-order chi connectivity index (χ1) is 11.7. The molecule has 3 aromatic rings. The molecule has 124 valence electrons. The Morgan fingerprint density at radius 1 is 1.21 bits per heavy atom. The fourth-order valence-corrected chi connectivity index (χ4v) is 2.50. The van der Waals surface area contributed by atoms with Crippen molar-refractivity contribution in [2.45, 2.75) is 27.4 Å². The van der Waals surface area contributed by atoms with Crippen LogP contribution in [-0.2, 0) is 6.61 Å². The van der Waals surface area contributed by atoms with E-state index in [1.807, 2.05) is 57.2 Å². The number of ether oxygens (including phenoxy) is 1. The van der Waals surface area contributed by atoms with Gasteiger partial charge in [-0.15, -0.1) is 0 Å². The van der Waals surface area contributed by atoms with Crippen molar-refractivity contribution in [3.63, 3.8) is 0 Å². The van der Waals surface area contributed by atoms with E-state index in [4.69, 9.17) is 4.74 Å². The molecule has 0 aliphatic rings. The molecule has 4 heteroatoms. The van der Waals surface area contributed by atoms with Crippen LogP contribution in [0.4, 0.5) is 0 Å². The number of fused-ring (bicyclic) bond motifs is 1. The van der Waals surface area contributed by atoms with Crippen LogP contribution in [0.3, 0.4) is 0 Å². The standard InChI is InChI=1S/C18H17N3O.C2H6/c1-12(19-3)16-13(2)21-18-17(16)15(9-10-20-18)22-11-14-7-5-4-6-8-14;1-2/h4-10H,1,3,11H2,2H3,(H,20,21);1-2H3. The summed E-state index contributed by atoms with van der Waals surface area (Å²) in [5.41, 5.74) is 4.35. The Hall–Kier alpha value is -2.88. The van der Waals surface area contributed by atoms with Gasteiger partial charge in [0.2, 0.25) is 0 Å². The first kappa shape index (κ1) is 17.5. The van der Waals surface area contributed by atoms with Gasteiger partial charge in [-0.05, 0) is 25.3 Å². The molecule has 3 rings (SSSR count). The quantitative estimate of drug-likeness (QED) is 0.661. The molecule has 0 spiro atoms. The summed E-state index contributed by atoms with van der Waals surface area (Å²) >= 11 is 0. The second kappa shape index (κ2) is 8.11. The number of nitrogens with zero attached hydrogens (tertiary/aromatic N) is 2. The molecule has 1 aromatic carbocycles. The zero-order chi connectivity index (χ0) is 17.5. The lowest BCUT2D eigenvalue weighted by molar-refractivity contribution is 0.310. The van der Waals surface area contributed by atoms with Crippen molar-refractivity contribution in [2.75, 3.05) is 0 Å². The molecular formula is C20H23N3O. The molecule has 0 fully saturated rings. The van der Waals surface area contributed by atoms with E-state index in [0.717, 1.165) is 33.6 Å². The molecule has 0 amide bonds. The van der Waals surface area contributed by atoms with Crippen molar-refractivity contribution in [3.8, 4) is 5.75 Å². The maximum absolute atomic E-state index is 5.99. The van der Waals surface area contributed by atoms with E-state index in [1.54, 1.807) is 6.20 Å². The van der Waals surface area contributed by atoms with E-state index in [9.17, 15) is 0 Å². The molecule has 0 atom stereocenters. The minimum absolute atomic E-state index is 0.498. The van der Waals surface area contributed by atoms with Crippen LogP contribution in [0, 0.1) is 6.92 Å². The molecule has 0 unspecified atom stereocenters. The largest absolute Gasteiger partial charge is 0.488 e. The average molecular weight is 321 g/mol. The maximum Gasteiger partial charge on any atom is 0.141 e. The van der Waals surface area contributed by atoms with Gasteiger partial charge >= 0.3 is 0 Å². The third-order valence-electron chi connectivity index (χ3n) is 3.56. The molecule has 2 aromatic heterocycles. The Kier molecular flexibility index (Phi) is 5.90. The number of aromatic amines is 1. The van der Waals surface area contributed by atoms with Crippen molar-refractivity contribution in [1.82, 2.24) is 9.97 Å². The maximum atomic E-state index is 5.99. The fraction of sp³-hybridized carbons (Fsp3) is 0.200. The highest BCUT2D eigenvalue weighted by atomic mass is 16.5. The lowest BCUT2D eigenvalue weighted by atomic mass is 10.1. The van der Waals surface area contributed by atoms with Crippen molar-refractivity contribution >= 4 is 23.4 Å². The summed E-state index contributed by atoms with van der Waals surface area (Å²) < 4.78 is 5.99. The molecular weight excluding hydrogens is 298 g/mol. The molecule has 0 aliphatic heterocycles. The molecule has 1 N–H and O–H groups in total. The van der Waals surface area contributed by atoms with Gasteiger partial charge in [0.25, 0.3) is 0 Å². The van der Waals surface area contributed by atoms with E-state index in [2.05, 4.69) is 28.3 Å². The topological polar surface area (TPSA) is 50.3 Å². The second-order valence-electron chi connectivity index (χ2n) is 5.04. The number of aryl methyl sites for hydroxylation is 1. The number of rotatable bonds is 5. The Morgan fingerprint density at radius 3 is 2.58 bits per heavy atom. The predicted molar refractivity (Wildman–Crippen MR) is 102 cm³/mol. The van der Waals surface area contributed by atoms with Crippen molar-refractivity contribution < 1.29 is 4.74 Å². The van der Waals surface area contributed by atoms with Crippen molar-refractivity contribution in [3.05, 3.63) is 66.0 Å². The van der Waals surface area contributed by atoms with Crippen LogP contribution < -0.4 is 4.74 Å². The zero-order valence-electron chi connectivity index (χ0n) is 14.5. The number of aromatic nitrogens is 2. The highest BCUT2D eigenvalue weighted by Crippen LogP contribution is 2.34. The van der Waals surface area contributed by atoms with Gasteiger partial charge < -0.3 is 9.72 Å². The van der Waals surface area contributed by atoms with Gasteiger partial charge in [0.1, 0.15) is 18.0 Å². The highest BCUT2D eigenvalue weighted by molar-refractivity contribution is 5.96. The number of pyridine rings is 1. The third-order valence-corrected chi connectivity index (χ3v) is 3.56. The summed E-state index contributed by atoms with van der Waals surface area (Å²) in [6.07, 6.45) is 1.73. The Labute approximate surface area is 142 Å².